The van der Waals surface area contributed by atoms with E-state index in [0.717, 1.165) is 10.2 Å². The highest BCUT2D eigenvalue weighted by atomic mass is 32.2. The molecule has 3 aromatic heterocycles. The number of anilines is 1. The summed E-state index contributed by atoms with van der Waals surface area (Å²) in [5.41, 5.74) is 6.34. The Hall–Kier alpha value is -4.51. The van der Waals surface area contributed by atoms with E-state index < -0.39 is 47.5 Å². The molecule has 208 valence electrons. The number of thiophene rings is 1. The van der Waals surface area contributed by atoms with Gasteiger partial charge in [-0.15, -0.1) is 23.1 Å². The zero-order chi connectivity index (χ0) is 28.4. The van der Waals surface area contributed by atoms with Crippen molar-refractivity contribution in [2.24, 2.45) is 5.16 Å². The van der Waals surface area contributed by atoms with Crippen LogP contribution in [-0.4, -0.2) is 80.0 Å². The zero-order valence-corrected chi connectivity index (χ0v) is 22.4. The van der Waals surface area contributed by atoms with Crippen LogP contribution in [0.5, 0.6) is 0 Å². The average molecular weight is 589 g/mol. The molecule has 17 heteroatoms. The number of carboxylic acid groups (broad SMARTS) is 1. The molecule has 5 rings (SSSR count). The van der Waals surface area contributed by atoms with Crippen LogP contribution in [0.15, 0.2) is 50.7 Å². The van der Waals surface area contributed by atoms with Crippen molar-refractivity contribution in [3.05, 3.63) is 46.9 Å². The third kappa shape index (κ3) is 5.20. The summed E-state index contributed by atoms with van der Waals surface area (Å²) in [5.74, 6) is -3.52. The van der Waals surface area contributed by atoms with Gasteiger partial charge in [-0.25, -0.2) is 9.59 Å². The van der Waals surface area contributed by atoms with Crippen molar-refractivity contribution >= 4 is 68.8 Å². The van der Waals surface area contributed by atoms with Gasteiger partial charge in [0.25, 0.3) is 11.8 Å². The fraction of sp³-hybridized carbons (Fsp3) is 0.304. The number of ether oxygens (including phenoxy) is 1. The number of nitrogens with one attached hydrogen (secondary N) is 1. The molecule has 5 heterocycles. The summed E-state index contributed by atoms with van der Waals surface area (Å²) in [5, 5.41) is 21.0. The second-order valence-corrected chi connectivity index (χ2v) is 10.5. The van der Waals surface area contributed by atoms with Gasteiger partial charge in [-0.1, -0.05) is 10.3 Å². The van der Waals surface area contributed by atoms with Gasteiger partial charge in [0.05, 0.1) is 11.3 Å². The number of oxime groups is 1. The van der Waals surface area contributed by atoms with E-state index in [1.165, 1.54) is 16.7 Å². The van der Waals surface area contributed by atoms with Crippen LogP contribution in [0.4, 0.5) is 6.01 Å². The molecule has 0 saturated carbocycles. The minimum atomic E-state index is -1.24. The Morgan fingerprint density at radius 1 is 1.38 bits per heavy atom. The molecule has 4 N–H and O–H groups in total. The molecular formula is C23H22N7O8S2+. The Balaban J connectivity index is 1.34. The molecular weight excluding hydrogens is 566 g/mol. The molecule has 0 spiro atoms. The summed E-state index contributed by atoms with van der Waals surface area (Å²) in [4.78, 5) is 59.9. The van der Waals surface area contributed by atoms with Crippen LogP contribution in [0.2, 0.25) is 0 Å². The Labute approximate surface area is 233 Å². The summed E-state index contributed by atoms with van der Waals surface area (Å²) in [6, 6.07) is 4.39. The molecule has 0 bridgehead atoms. The highest BCUT2D eigenvalue weighted by Crippen LogP contribution is 2.40. The van der Waals surface area contributed by atoms with E-state index in [0.29, 0.717) is 11.3 Å². The van der Waals surface area contributed by atoms with Gasteiger partial charge in [0.15, 0.2) is 12.7 Å². The van der Waals surface area contributed by atoms with E-state index >= 15 is 0 Å². The number of aliphatic carboxylic acids is 1. The molecule has 1 unspecified atom stereocenters. The van der Waals surface area contributed by atoms with E-state index in [2.05, 4.69) is 20.6 Å². The second-order valence-electron chi connectivity index (χ2n) is 8.40. The molecule has 2 amide bonds. The molecule has 0 radical (unpaired) electrons. The first-order chi connectivity index (χ1) is 19.3. The molecule has 40 heavy (non-hydrogen) atoms. The minimum Gasteiger partial charge on any atom is -0.477 e. The minimum absolute atomic E-state index is 0.114. The lowest BCUT2D eigenvalue weighted by molar-refractivity contribution is -0.663. The van der Waals surface area contributed by atoms with Gasteiger partial charge < -0.3 is 30.3 Å². The smallest absolute Gasteiger partial charge is 0.352 e. The van der Waals surface area contributed by atoms with E-state index in [9.17, 15) is 24.3 Å². The molecule has 1 saturated heterocycles. The maximum atomic E-state index is 13.1. The number of fused-ring (bicyclic) bond motifs is 2. The molecule has 15 nitrogen and oxygen atoms in total. The number of carbonyl (C=O) groups excluding carboxylic acids is 3. The first-order valence-electron chi connectivity index (χ1n) is 11.8. The molecule has 2 atom stereocenters. The average Bonchev–Trinajstić information content (AvgIpc) is 3.59. The van der Waals surface area contributed by atoms with Gasteiger partial charge in [0.2, 0.25) is 23.7 Å². The van der Waals surface area contributed by atoms with Crippen molar-refractivity contribution in [2.75, 3.05) is 24.7 Å². The fourth-order valence-corrected chi connectivity index (χ4v) is 6.36. The normalized spacial score (nSPS) is 18.8. The molecule has 2 aliphatic heterocycles. The lowest BCUT2D eigenvalue weighted by Gasteiger charge is -2.49. The van der Waals surface area contributed by atoms with E-state index in [1.54, 1.807) is 18.3 Å². The monoisotopic (exact) mass is 588 g/mol. The fourth-order valence-electron chi connectivity index (χ4n) is 4.22. The van der Waals surface area contributed by atoms with Gasteiger partial charge in [0, 0.05) is 23.5 Å². The summed E-state index contributed by atoms with van der Waals surface area (Å²) < 4.78 is 12.4. The number of hydrogen-bond donors (Lipinski definition) is 3. The van der Waals surface area contributed by atoms with Gasteiger partial charge in [-0.05, 0) is 18.4 Å². The van der Waals surface area contributed by atoms with Crippen molar-refractivity contribution in [3.63, 3.8) is 0 Å². The zero-order valence-electron chi connectivity index (χ0n) is 20.8. The van der Waals surface area contributed by atoms with Crippen LogP contribution in [0.3, 0.4) is 0 Å². The first-order valence-corrected chi connectivity index (χ1v) is 13.7. The van der Waals surface area contributed by atoms with Gasteiger partial charge in [-0.2, -0.15) is 9.55 Å². The molecule has 1 fully saturated rings. The predicted molar refractivity (Wildman–Crippen MR) is 140 cm³/mol. The Bertz CT molecular complexity index is 1570. The van der Waals surface area contributed by atoms with Crippen molar-refractivity contribution < 1.29 is 42.9 Å². The number of nitrogens with two attached hydrogens (primary N) is 1. The van der Waals surface area contributed by atoms with Gasteiger partial charge >= 0.3 is 18.0 Å². The Morgan fingerprint density at radius 2 is 2.20 bits per heavy atom. The standard InChI is InChI=1S/C23H21N7O8S2/c1-2-36-14(31)9-37-27-15(18-26-23(24)38-28-18)19(32)25-16-20(33)30-17(22(34)35)11(10-40-21(16)30)8-29-6-3-4-13-12(29)5-7-39-13/h3-7,16,21H,2,8-10H2,1H3,(H3-,24,25,26,28,32,34,35)/p+1/t16?,21-/m0/s1. The SMILES string of the molecule is CCOC(=O)CON=C(C(=O)NC1C(=O)N2C(C(=O)O)=C(C[n+]3cccc4sccc43)CS[C@@H]12)c1noc(N)n1. The number of hydrogen-bond acceptors (Lipinski definition) is 13. The number of thioether (sulfide) groups is 1. The topological polar surface area (TPSA) is 203 Å². The summed E-state index contributed by atoms with van der Waals surface area (Å²) in [6.45, 7) is 1.42. The van der Waals surface area contributed by atoms with Crippen LogP contribution in [0.1, 0.15) is 12.7 Å². The highest BCUT2D eigenvalue weighted by Gasteiger charge is 2.55. The quantitative estimate of drug-likeness (QED) is 0.0932. The number of rotatable bonds is 10. The molecule has 2 aliphatic rings. The lowest BCUT2D eigenvalue weighted by Crippen LogP contribution is -2.71. The van der Waals surface area contributed by atoms with Crippen LogP contribution in [-0.2, 0) is 35.3 Å². The Kier molecular flexibility index (Phi) is 7.65. The number of nitrogens with zero attached hydrogens (tertiary/aromatic N) is 5. The summed E-state index contributed by atoms with van der Waals surface area (Å²) in [6.07, 6.45) is 1.86. The predicted octanol–water partition coefficient (Wildman–Crippen LogP) is -0.123. The number of pyridine rings is 1. The Morgan fingerprint density at radius 3 is 2.92 bits per heavy atom. The van der Waals surface area contributed by atoms with Gasteiger partial charge in [-0.3, -0.25) is 14.5 Å². The van der Waals surface area contributed by atoms with Gasteiger partial charge in [0.1, 0.15) is 17.1 Å². The third-order valence-corrected chi connectivity index (χ3v) is 8.12. The summed E-state index contributed by atoms with van der Waals surface area (Å²) in [7, 11) is 0. The maximum absolute atomic E-state index is 13.1. The van der Waals surface area contributed by atoms with Crippen molar-refractivity contribution in [2.45, 2.75) is 24.9 Å². The number of amides is 2. The highest BCUT2D eigenvalue weighted by molar-refractivity contribution is 8.00. The number of esters is 1. The number of nitrogen functional groups attached to an aromatic ring is 1. The van der Waals surface area contributed by atoms with Crippen LogP contribution < -0.4 is 15.6 Å². The number of β-lactam (4-membered cyclic amide) rings is 1. The van der Waals surface area contributed by atoms with Crippen molar-refractivity contribution in [1.82, 2.24) is 20.4 Å². The van der Waals surface area contributed by atoms with E-state index in [1.807, 2.05) is 34.3 Å². The van der Waals surface area contributed by atoms with E-state index in [4.69, 9.17) is 19.8 Å². The number of carbonyl (C=O) groups is 4. The first kappa shape index (κ1) is 27.1. The van der Waals surface area contributed by atoms with E-state index in [-0.39, 0.29) is 30.7 Å². The maximum Gasteiger partial charge on any atom is 0.352 e. The van der Waals surface area contributed by atoms with Crippen LogP contribution in [0, 0.1) is 0 Å². The second kappa shape index (κ2) is 11.3. The van der Waals surface area contributed by atoms with Crippen LogP contribution in [0.25, 0.3) is 10.2 Å². The molecule has 3 aromatic rings. The van der Waals surface area contributed by atoms with Crippen molar-refractivity contribution in [1.29, 1.82) is 0 Å². The summed E-state index contributed by atoms with van der Waals surface area (Å²) >= 11 is 2.89. The van der Waals surface area contributed by atoms with Crippen LogP contribution >= 0.6 is 23.1 Å². The molecule has 0 aliphatic carbocycles. The number of aromatic nitrogens is 3. The number of carboxylic acids is 1. The third-order valence-electron chi connectivity index (χ3n) is 5.91. The van der Waals surface area contributed by atoms with Crippen molar-refractivity contribution in [3.8, 4) is 0 Å². The largest absolute Gasteiger partial charge is 0.477 e. The molecule has 0 aromatic carbocycles. The lowest BCUT2D eigenvalue weighted by atomic mass is 10.0.